The fourth-order valence-electron chi connectivity index (χ4n) is 20.1. The lowest BCUT2D eigenvalue weighted by molar-refractivity contribution is 0.568. The second-order valence-electron chi connectivity index (χ2n) is 43.2. The van der Waals surface area contributed by atoms with Gasteiger partial charge in [0.15, 0.2) is 0 Å². The molecule has 17 rings (SSSR count). The summed E-state index contributed by atoms with van der Waals surface area (Å²) in [6.45, 7) is 68.9. The van der Waals surface area contributed by atoms with Crippen LogP contribution in [0.1, 0.15) is 276 Å². The molecule has 638 valence electrons. The van der Waals surface area contributed by atoms with Crippen molar-refractivity contribution in [3.63, 3.8) is 0 Å². The highest BCUT2D eigenvalue weighted by Gasteiger charge is 2.34. The quantitative estimate of drug-likeness (QED) is 0.121. The molecule has 0 atom stereocenters. The van der Waals surface area contributed by atoms with Gasteiger partial charge >= 0.3 is 0 Å². The van der Waals surface area contributed by atoms with Crippen molar-refractivity contribution >= 4 is 92.2 Å². The Hall–Kier alpha value is -12.3. The zero-order chi connectivity index (χ0) is 90.2. The first-order chi connectivity index (χ1) is 59.1. The predicted molar refractivity (Wildman–Crippen MR) is 543 cm³/mol. The van der Waals surface area contributed by atoms with E-state index in [9.17, 15) is 0 Å². The lowest BCUT2D eigenvalue weighted by Crippen LogP contribution is -2.16. The minimum Gasteiger partial charge on any atom is -0.354 e. The number of fused-ring (bicyclic) bond motifs is 16. The van der Waals surface area contributed by atoms with E-state index in [1.807, 2.05) is 0 Å². The smallest absolute Gasteiger partial charge is 0.0817 e. The molecule has 0 aliphatic carbocycles. The molecular formula is C118H126N8. The predicted octanol–water partition coefficient (Wildman–Crippen LogP) is 32.2. The summed E-state index contributed by atoms with van der Waals surface area (Å²) in [4.78, 5) is 41.9. The molecule has 0 amide bonds. The summed E-state index contributed by atoms with van der Waals surface area (Å²) in [6, 6.07) is 58.9. The Labute approximate surface area is 748 Å². The highest BCUT2D eigenvalue weighted by atomic mass is 14.8. The summed E-state index contributed by atoms with van der Waals surface area (Å²) in [6.07, 6.45) is 16.0. The Bertz CT molecular complexity index is 7040. The van der Waals surface area contributed by atoms with Crippen LogP contribution in [-0.4, -0.2) is 39.9 Å². The number of hydrogen-bond acceptors (Lipinski definition) is 4. The first-order valence-corrected chi connectivity index (χ1v) is 45.3. The molecule has 0 saturated heterocycles. The van der Waals surface area contributed by atoms with E-state index in [1.165, 1.54) is 77.9 Å². The molecule has 4 aliphatic heterocycles. The van der Waals surface area contributed by atoms with Crippen LogP contribution in [0.5, 0.6) is 0 Å². The third kappa shape index (κ3) is 15.8. The third-order valence-electron chi connectivity index (χ3n) is 26.5. The van der Waals surface area contributed by atoms with E-state index in [4.69, 9.17) is 19.9 Å². The zero-order valence-electron chi connectivity index (χ0n) is 80.3. The number of nitrogens with one attached hydrogen (secondary N) is 4. The van der Waals surface area contributed by atoms with E-state index in [2.05, 4.69) is 422 Å². The number of hydrogen-bond donors (Lipinski definition) is 4. The summed E-state index contributed by atoms with van der Waals surface area (Å²) >= 11 is 0. The Morgan fingerprint density at radius 1 is 0.190 bits per heavy atom. The highest BCUT2D eigenvalue weighted by molar-refractivity contribution is 6.11. The van der Waals surface area contributed by atoms with Crippen LogP contribution in [0, 0.1) is 83.1 Å². The zero-order valence-corrected chi connectivity index (χ0v) is 80.3. The monoisotopic (exact) mass is 1660 g/mol. The highest BCUT2D eigenvalue weighted by Crippen LogP contribution is 2.51. The number of nitrogens with zero attached hydrogens (tertiary/aromatic N) is 4. The maximum atomic E-state index is 6.49. The molecule has 4 aliphatic rings. The van der Waals surface area contributed by atoms with Gasteiger partial charge in [-0.05, 0) is 323 Å². The molecule has 0 spiro atoms. The van der Waals surface area contributed by atoms with Gasteiger partial charge in [0.25, 0.3) is 0 Å². The molecule has 0 unspecified atom stereocenters. The van der Waals surface area contributed by atoms with Crippen molar-refractivity contribution in [2.24, 2.45) is 0 Å². The topological polar surface area (TPSA) is 115 Å². The van der Waals surface area contributed by atoms with E-state index >= 15 is 0 Å². The van der Waals surface area contributed by atoms with Gasteiger partial charge < -0.3 is 19.9 Å². The summed E-state index contributed by atoms with van der Waals surface area (Å²) in [5.41, 5.74) is 51.1. The molecule has 0 radical (unpaired) electrons. The van der Waals surface area contributed by atoms with Crippen molar-refractivity contribution in [1.29, 1.82) is 0 Å². The largest absolute Gasteiger partial charge is 0.354 e. The molecule has 0 saturated carbocycles. The Morgan fingerprint density at radius 2 is 0.381 bits per heavy atom. The number of benzene rings is 7. The molecule has 0 fully saturated rings. The van der Waals surface area contributed by atoms with Gasteiger partial charge in [-0.1, -0.05) is 250 Å². The third-order valence-corrected chi connectivity index (χ3v) is 26.5. The Kier molecular flexibility index (Phi) is 21.0. The van der Waals surface area contributed by atoms with E-state index in [1.54, 1.807) is 0 Å². The SMILES string of the molecule is Cc1cc(C)c(-c2c3nc(c(-c4c(C)cc(C)cc4C)c4ccc([nH]4)c(-c4c(C)cc(C)cc4C)c4nc(c(-c5c(C)cc(C)cc5C)c5ccc2[nH]5)C=C4c2c4nc(c(-c5cc(C(C)(C)C)cc(C(C)(C)C)c5)c5ccc([nH]5)c(-c5cc(C(C)(C)C)cc(C(C)(C)C)c5)c5nc(c(-c6cc(C(C)(C)C)cc(C(C)(C)C)c6)c6ccc2[nH]6)C=C5)C=C4)C=C3)c(C)c1. The van der Waals surface area contributed by atoms with Crippen molar-refractivity contribution in [2.45, 2.75) is 240 Å². The molecule has 16 bridgehead atoms. The van der Waals surface area contributed by atoms with Crippen LogP contribution in [0.25, 0.3) is 170 Å². The Balaban J connectivity index is 1.13. The van der Waals surface area contributed by atoms with Crippen LogP contribution in [0.4, 0.5) is 0 Å². The van der Waals surface area contributed by atoms with Crippen LogP contribution in [0.15, 0.2) is 152 Å². The van der Waals surface area contributed by atoms with Crippen LogP contribution < -0.4 is 0 Å². The van der Waals surface area contributed by atoms with Gasteiger partial charge in [0.05, 0.1) is 45.6 Å². The van der Waals surface area contributed by atoms with Crippen molar-refractivity contribution in [3.8, 4) is 77.9 Å². The first-order valence-electron chi connectivity index (χ1n) is 45.3. The molecule has 10 heterocycles. The van der Waals surface area contributed by atoms with E-state index in [0.717, 1.165) is 201 Å². The van der Waals surface area contributed by atoms with E-state index in [-0.39, 0.29) is 32.5 Å². The minimum absolute atomic E-state index is 0.168. The van der Waals surface area contributed by atoms with Crippen molar-refractivity contribution in [3.05, 3.63) is 303 Å². The first kappa shape index (κ1) is 85.9. The van der Waals surface area contributed by atoms with Crippen LogP contribution >= 0.6 is 0 Å². The van der Waals surface area contributed by atoms with Gasteiger partial charge in [-0.2, -0.15) is 0 Å². The maximum Gasteiger partial charge on any atom is 0.0817 e. The van der Waals surface area contributed by atoms with Gasteiger partial charge in [0, 0.05) is 94.2 Å². The van der Waals surface area contributed by atoms with Gasteiger partial charge in [-0.25, -0.2) is 19.9 Å². The van der Waals surface area contributed by atoms with Gasteiger partial charge in [-0.3, -0.25) is 0 Å². The van der Waals surface area contributed by atoms with Gasteiger partial charge in [0.1, 0.15) is 0 Å². The van der Waals surface area contributed by atoms with Crippen molar-refractivity contribution in [2.75, 3.05) is 0 Å². The lowest BCUT2D eigenvalue weighted by atomic mass is 9.78. The average molecular weight is 1660 g/mol. The molecule has 7 aromatic carbocycles. The molecule has 4 N–H and O–H groups in total. The van der Waals surface area contributed by atoms with Crippen LogP contribution in [-0.2, 0) is 32.5 Å². The number of aryl methyl sites for hydroxylation is 12. The molecule has 126 heavy (non-hydrogen) atoms. The van der Waals surface area contributed by atoms with Crippen molar-refractivity contribution in [1.82, 2.24) is 39.9 Å². The summed E-state index contributed by atoms with van der Waals surface area (Å²) in [5, 5.41) is 0. The number of aromatic amines is 4. The van der Waals surface area contributed by atoms with Crippen LogP contribution in [0.2, 0.25) is 0 Å². The standard InChI is InChI=1S/C118H126N8/c1-63-45-67(5)100(68(6)46-63)108-93-39-40-94(123-93)109(101-69(7)47-64(2)48-70(101)8)96-43-44-98(125-96)111(103-73(11)51-66(4)52-74(103)12)112-84(62-99(126-112)110(97-42-41-95(108)124-97)102-71(9)49-65(3)50-72(102)10)107-91-37-35-89(121-91)105(76-55-80(115(19,20)21)60-81(56-76)116(22,23)24)87-33-31-85(119-87)104(75-53-78(113(13,14)15)59-79(54-75)114(16,17)18)86-32-34-88(120-86)106(90-36-38-92(107)122-90)77-57-82(117(25,26)27)61-83(58-77)118(28,29)30/h31-62,119,122,124-125H,1-30H3. The average Bonchev–Trinajstić information content (AvgIpc) is 1.57. The number of aromatic nitrogens is 8. The molecule has 13 aromatic rings. The summed E-state index contributed by atoms with van der Waals surface area (Å²) in [7, 11) is 0. The Morgan fingerprint density at radius 3 is 0.619 bits per heavy atom. The maximum absolute atomic E-state index is 6.49. The fourth-order valence-corrected chi connectivity index (χ4v) is 20.1. The van der Waals surface area contributed by atoms with Crippen molar-refractivity contribution < 1.29 is 0 Å². The molecule has 8 heteroatoms. The number of rotatable bonds is 8. The molecule has 8 nitrogen and oxygen atoms in total. The lowest BCUT2D eigenvalue weighted by Gasteiger charge is -2.26. The van der Waals surface area contributed by atoms with Gasteiger partial charge in [-0.15, -0.1) is 0 Å². The summed E-state index contributed by atoms with van der Waals surface area (Å²) < 4.78 is 0. The molecular weight excluding hydrogens is 1530 g/mol. The number of H-pyrrole nitrogens is 4. The van der Waals surface area contributed by atoms with Gasteiger partial charge in [0.2, 0.25) is 0 Å². The second-order valence-corrected chi connectivity index (χ2v) is 43.2. The van der Waals surface area contributed by atoms with Crippen LogP contribution in [0.3, 0.4) is 0 Å². The minimum atomic E-state index is -0.206. The van der Waals surface area contributed by atoms with E-state index in [0.29, 0.717) is 0 Å². The second kappa shape index (κ2) is 30.8. The fraction of sp³-hybridized carbons (Fsp3) is 0.305. The summed E-state index contributed by atoms with van der Waals surface area (Å²) in [5.74, 6) is 0. The normalized spacial score (nSPS) is 13.3. The molecule has 6 aromatic heterocycles. The van der Waals surface area contributed by atoms with E-state index < -0.39 is 0 Å².